The molecule has 2 rings (SSSR count). The van der Waals surface area contributed by atoms with Crippen molar-refractivity contribution in [1.29, 1.82) is 0 Å². The number of hydrogen-bond donors (Lipinski definition) is 1. The highest BCUT2D eigenvalue weighted by atomic mass is 35.5. The van der Waals surface area contributed by atoms with E-state index in [1.165, 1.54) is 0 Å². The number of likely N-dealkylation sites (N-methyl/N-ethyl adjacent to an activating group) is 1. The maximum Gasteiger partial charge on any atom is 0.233 e. The van der Waals surface area contributed by atoms with Gasteiger partial charge >= 0.3 is 0 Å². The van der Waals surface area contributed by atoms with Gasteiger partial charge in [0.2, 0.25) is 5.91 Å². The Kier molecular flexibility index (Phi) is 4.16. The minimum Gasteiger partial charge on any atom is -0.342 e. The van der Waals surface area contributed by atoms with Crippen LogP contribution in [0.15, 0.2) is 24.3 Å². The van der Waals surface area contributed by atoms with Crippen molar-refractivity contribution in [1.82, 2.24) is 4.90 Å². The summed E-state index contributed by atoms with van der Waals surface area (Å²) in [7, 11) is 0. The lowest BCUT2D eigenvalue weighted by molar-refractivity contribution is -0.134. The van der Waals surface area contributed by atoms with Crippen molar-refractivity contribution in [3.63, 3.8) is 0 Å². The van der Waals surface area contributed by atoms with Gasteiger partial charge in [0.25, 0.3) is 0 Å². The summed E-state index contributed by atoms with van der Waals surface area (Å²) in [5, 5.41) is 0.673. The van der Waals surface area contributed by atoms with Crippen LogP contribution in [0.1, 0.15) is 25.8 Å². The van der Waals surface area contributed by atoms with Crippen molar-refractivity contribution in [2.75, 3.05) is 19.6 Å². The Labute approximate surface area is 119 Å². The standard InChI is InChI=1S/C15H21ClN2O/c1-3-18(4-2)14(19)15(9-12(15)10-17)11-6-5-7-13(16)8-11/h5-8,12H,3-4,9-10,17H2,1-2H3/t12-,15+/m1/s1. The molecule has 0 aliphatic heterocycles. The van der Waals surface area contributed by atoms with E-state index in [1.54, 1.807) is 0 Å². The number of benzene rings is 1. The summed E-state index contributed by atoms with van der Waals surface area (Å²) in [6, 6.07) is 7.63. The third-order valence-corrected chi connectivity index (χ3v) is 4.40. The largest absolute Gasteiger partial charge is 0.342 e. The second kappa shape index (κ2) is 5.51. The zero-order chi connectivity index (χ0) is 14.0. The first kappa shape index (κ1) is 14.4. The van der Waals surface area contributed by atoms with E-state index in [2.05, 4.69) is 0 Å². The molecular weight excluding hydrogens is 260 g/mol. The topological polar surface area (TPSA) is 46.3 Å². The Balaban J connectivity index is 2.37. The Morgan fingerprint density at radius 2 is 2.16 bits per heavy atom. The zero-order valence-electron chi connectivity index (χ0n) is 11.5. The maximum atomic E-state index is 12.8. The fourth-order valence-corrected chi connectivity index (χ4v) is 3.10. The van der Waals surface area contributed by atoms with E-state index >= 15 is 0 Å². The van der Waals surface area contributed by atoms with Gasteiger partial charge in [-0.05, 0) is 50.4 Å². The van der Waals surface area contributed by atoms with Crippen molar-refractivity contribution in [3.05, 3.63) is 34.9 Å². The van der Waals surface area contributed by atoms with Crippen LogP contribution in [0.5, 0.6) is 0 Å². The molecule has 0 radical (unpaired) electrons. The number of nitrogens with zero attached hydrogens (tertiary/aromatic N) is 1. The summed E-state index contributed by atoms with van der Waals surface area (Å²) in [6.45, 7) is 6.02. The molecule has 0 unspecified atom stereocenters. The Hall–Kier alpha value is -1.06. The first-order chi connectivity index (χ1) is 9.09. The third kappa shape index (κ3) is 2.37. The Morgan fingerprint density at radius 1 is 1.47 bits per heavy atom. The molecular formula is C15H21ClN2O. The predicted octanol–water partition coefficient (Wildman–Crippen LogP) is 2.42. The monoisotopic (exact) mass is 280 g/mol. The van der Waals surface area contributed by atoms with Crippen LogP contribution >= 0.6 is 11.6 Å². The minimum absolute atomic E-state index is 0.190. The van der Waals surface area contributed by atoms with Crippen molar-refractivity contribution in [3.8, 4) is 0 Å². The molecule has 1 aromatic carbocycles. The number of carbonyl (C=O) groups excluding carboxylic acids is 1. The first-order valence-electron chi connectivity index (χ1n) is 6.85. The quantitative estimate of drug-likeness (QED) is 0.900. The van der Waals surface area contributed by atoms with Gasteiger partial charge in [-0.2, -0.15) is 0 Å². The molecule has 1 aromatic rings. The van der Waals surface area contributed by atoms with Gasteiger partial charge in [0.1, 0.15) is 0 Å². The zero-order valence-corrected chi connectivity index (χ0v) is 12.3. The molecule has 1 saturated carbocycles. The summed E-state index contributed by atoms with van der Waals surface area (Å²) < 4.78 is 0. The molecule has 0 saturated heterocycles. The molecule has 19 heavy (non-hydrogen) atoms. The smallest absolute Gasteiger partial charge is 0.233 e. The number of rotatable bonds is 5. The van der Waals surface area contributed by atoms with Crippen LogP contribution < -0.4 is 5.73 Å². The number of carbonyl (C=O) groups is 1. The summed E-state index contributed by atoms with van der Waals surface area (Å²) in [5.41, 5.74) is 6.37. The van der Waals surface area contributed by atoms with Crippen LogP contribution in [0, 0.1) is 5.92 Å². The van der Waals surface area contributed by atoms with Crippen molar-refractivity contribution < 1.29 is 4.79 Å². The molecule has 1 amide bonds. The SMILES string of the molecule is CCN(CC)C(=O)[C@]1(c2cccc(Cl)c2)C[C@@H]1CN. The average molecular weight is 281 g/mol. The molecule has 1 aliphatic rings. The molecule has 104 valence electrons. The van der Waals surface area contributed by atoms with Crippen molar-refractivity contribution >= 4 is 17.5 Å². The van der Waals surface area contributed by atoms with E-state index in [0.717, 1.165) is 25.1 Å². The lowest BCUT2D eigenvalue weighted by atomic mass is 9.91. The van der Waals surface area contributed by atoms with Gasteiger partial charge in [-0.15, -0.1) is 0 Å². The van der Waals surface area contributed by atoms with Crippen LogP contribution in [-0.2, 0) is 10.2 Å². The first-order valence-corrected chi connectivity index (χ1v) is 7.23. The number of halogens is 1. The molecule has 0 heterocycles. The van der Waals surface area contributed by atoms with E-state index in [9.17, 15) is 4.79 Å². The molecule has 3 nitrogen and oxygen atoms in total. The van der Waals surface area contributed by atoms with Crippen LogP contribution in [0.4, 0.5) is 0 Å². The molecule has 1 fully saturated rings. The highest BCUT2D eigenvalue weighted by molar-refractivity contribution is 6.30. The van der Waals surface area contributed by atoms with E-state index < -0.39 is 5.41 Å². The van der Waals surface area contributed by atoms with Gasteiger partial charge in [-0.3, -0.25) is 4.79 Å². The van der Waals surface area contributed by atoms with Crippen molar-refractivity contribution in [2.45, 2.75) is 25.7 Å². The van der Waals surface area contributed by atoms with Crippen LogP contribution in [0.2, 0.25) is 5.02 Å². The highest BCUT2D eigenvalue weighted by Gasteiger charge is 2.61. The van der Waals surface area contributed by atoms with Gasteiger partial charge in [0.05, 0.1) is 5.41 Å². The van der Waals surface area contributed by atoms with Gasteiger partial charge in [-0.1, -0.05) is 23.7 Å². The van der Waals surface area contributed by atoms with E-state index in [-0.39, 0.29) is 11.8 Å². The molecule has 0 aromatic heterocycles. The van der Waals surface area contributed by atoms with E-state index in [1.807, 2.05) is 43.0 Å². The lowest BCUT2D eigenvalue weighted by Gasteiger charge is -2.26. The normalized spacial score (nSPS) is 25.2. The maximum absolute atomic E-state index is 12.8. The predicted molar refractivity (Wildman–Crippen MR) is 78.2 cm³/mol. The number of amides is 1. The lowest BCUT2D eigenvalue weighted by Crippen LogP contribution is -2.40. The van der Waals surface area contributed by atoms with Crippen LogP contribution in [0.3, 0.4) is 0 Å². The second-order valence-corrected chi connectivity index (χ2v) is 5.53. The summed E-state index contributed by atoms with van der Waals surface area (Å²) in [5.74, 6) is 0.425. The van der Waals surface area contributed by atoms with Gasteiger partial charge in [0.15, 0.2) is 0 Å². The second-order valence-electron chi connectivity index (χ2n) is 5.10. The van der Waals surface area contributed by atoms with Crippen LogP contribution in [0.25, 0.3) is 0 Å². The number of hydrogen-bond acceptors (Lipinski definition) is 2. The average Bonchev–Trinajstić information content (AvgIpc) is 3.15. The summed E-state index contributed by atoms with van der Waals surface area (Å²) >= 11 is 6.07. The Bertz CT molecular complexity index is 473. The minimum atomic E-state index is -0.439. The highest BCUT2D eigenvalue weighted by Crippen LogP contribution is 2.55. The van der Waals surface area contributed by atoms with E-state index in [0.29, 0.717) is 11.6 Å². The molecule has 2 atom stereocenters. The number of nitrogens with two attached hydrogens (primary N) is 1. The fraction of sp³-hybridized carbons (Fsp3) is 0.533. The fourth-order valence-electron chi connectivity index (χ4n) is 2.91. The van der Waals surface area contributed by atoms with E-state index in [4.69, 9.17) is 17.3 Å². The Morgan fingerprint density at radius 3 is 2.63 bits per heavy atom. The molecule has 4 heteroatoms. The summed E-state index contributed by atoms with van der Waals surface area (Å²) in [4.78, 5) is 14.7. The molecule has 0 bridgehead atoms. The molecule has 1 aliphatic carbocycles. The summed E-state index contributed by atoms with van der Waals surface area (Å²) in [6.07, 6.45) is 0.833. The molecule has 0 spiro atoms. The van der Waals surface area contributed by atoms with Gasteiger partial charge < -0.3 is 10.6 Å². The van der Waals surface area contributed by atoms with Gasteiger partial charge in [-0.25, -0.2) is 0 Å². The van der Waals surface area contributed by atoms with Crippen LogP contribution in [-0.4, -0.2) is 30.4 Å². The molecule has 2 N–H and O–H groups in total. The third-order valence-electron chi connectivity index (χ3n) is 4.16. The van der Waals surface area contributed by atoms with Gasteiger partial charge in [0, 0.05) is 18.1 Å². The van der Waals surface area contributed by atoms with Crippen molar-refractivity contribution in [2.24, 2.45) is 11.7 Å².